The summed E-state index contributed by atoms with van der Waals surface area (Å²) < 4.78 is 17.8. The Labute approximate surface area is 96.7 Å². The summed E-state index contributed by atoms with van der Waals surface area (Å²) in [5.74, 6) is -1.67. The number of halogens is 1. The largest absolute Gasteiger partial charge is 0.475 e. The lowest BCUT2D eigenvalue weighted by molar-refractivity contribution is 0.0651. The minimum Gasteiger partial charge on any atom is -0.475 e. The van der Waals surface area contributed by atoms with Gasteiger partial charge in [-0.15, -0.1) is 0 Å². The van der Waals surface area contributed by atoms with Crippen LogP contribution in [0.4, 0.5) is 4.39 Å². The van der Waals surface area contributed by atoms with E-state index in [2.05, 4.69) is 5.16 Å². The van der Waals surface area contributed by atoms with E-state index in [4.69, 9.17) is 9.63 Å². The van der Waals surface area contributed by atoms with Crippen LogP contribution in [-0.2, 0) is 0 Å². The second kappa shape index (κ2) is 4.01. The van der Waals surface area contributed by atoms with Gasteiger partial charge < -0.3 is 9.63 Å². The number of rotatable bonds is 2. The highest BCUT2D eigenvalue weighted by atomic mass is 19.1. The number of aryl methyl sites for hydroxylation is 1. The first-order valence-corrected chi connectivity index (χ1v) is 4.97. The lowest BCUT2D eigenvalue weighted by Gasteiger charge is -2.00. The van der Waals surface area contributed by atoms with Crippen LogP contribution in [0.5, 0.6) is 0 Å². The molecule has 1 aromatic heterocycles. The smallest absolute Gasteiger partial charge is 0.375 e. The predicted molar refractivity (Wildman–Crippen MR) is 58.3 cm³/mol. The highest BCUT2D eigenvalue weighted by Gasteiger charge is 2.19. The van der Waals surface area contributed by atoms with Gasteiger partial charge in [-0.3, -0.25) is 0 Å². The fourth-order valence-corrected chi connectivity index (χ4v) is 1.60. The maximum Gasteiger partial charge on any atom is 0.375 e. The monoisotopic (exact) mass is 235 g/mol. The molecule has 88 valence electrons. The van der Waals surface area contributed by atoms with Gasteiger partial charge in [0.25, 0.3) is 0 Å². The van der Waals surface area contributed by atoms with Crippen LogP contribution in [0, 0.1) is 19.7 Å². The van der Waals surface area contributed by atoms with Crippen molar-refractivity contribution in [1.29, 1.82) is 0 Å². The summed E-state index contributed by atoms with van der Waals surface area (Å²) in [5, 5.41) is 12.5. The van der Waals surface area contributed by atoms with E-state index in [1.54, 1.807) is 26.0 Å². The molecular weight excluding hydrogens is 225 g/mol. The zero-order valence-electron chi connectivity index (χ0n) is 9.32. The van der Waals surface area contributed by atoms with Gasteiger partial charge in [0.15, 0.2) is 0 Å². The zero-order valence-corrected chi connectivity index (χ0v) is 9.32. The third kappa shape index (κ3) is 1.91. The molecule has 4 nitrogen and oxygen atoms in total. The van der Waals surface area contributed by atoms with E-state index < -0.39 is 5.97 Å². The van der Waals surface area contributed by atoms with Gasteiger partial charge in [-0.05, 0) is 37.6 Å². The predicted octanol–water partition coefficient (Wildman–Crippen LogP) is 2.80. The number of carboxylic acid groups (broad SMARTS) is 1. The molecule has 0 aliphatic rings. The number of aromatic nitrogens is 1. The molecule has 0 aliphatic heterocycles. The Morgan fingerprint density at radius 3 is 2.65 bits per heavy atom. The summed E-state index contributed by atoms with van der Waals surface area (Å²) in [7, 11) is 0. The second-order valence-electron chi connectivity index (χ2n) is 3.75. The molecule has 0 radical (unpaired) electrons. The number of hydrogen-bond acceptors (Lipinski definition) is 3. The van der Waals surface area contributed by atoms with E-state index in [-0.39, 0.29) is 11.6 Å². The Bertz CT molecular complexity index is 589. The summed E-state index contributed by atoms with van der Waals surface area (Å²) >= 11 is 0. The zero-order chi connectivity index (χ0) is 12.6. The molecule has 0 spiro atoms. The van der Waals surface area contributed by atoms with Crippen LogP contribution in [0.1, 0.15) is 21.7 Å². The van der Waals surface area contributed by atoms with Crippen LogP contribution in [0.25, 0.3) is 11.3 Å². The molecule has 0 aliphatic carbocycles. The van der Waals surface area contributed by atoms with E-state index in [0.717, 1.165) is 0 Å². The van der Waals surface area contributed by atoms with Crippen LogP contribution in [0.2, 0.25) is 0 Å². The Balaban J connectivity index is 2.53. The van der Waals surface area contributed by atoms with Crippen molar-refractivity contribution >= 4 is 5.97 Å². The standard InChI is InChI=1S/C12H10FNO3/c1-6-5-8(3-4-9(6)13)10-7(2)11(12(15)16)17-14-10/h3-5H,1-2H3,(H,15,16). The molecule has 1 aromatic carbocycles. The first kappa shape index (κ1) is 11.3. The topological polar surface area (TPSA) is 63.3 Å². The molecule has 0 saturated carbocycles. The van der Waals surface area contributed by atoms with Gasteiger partial charge in [-0.25, -0.2) is 9.18 Å². The van der Waals surface area contributed by atoms with Gasteiger partial charge >= 0.3 is 5.97 Å². The van der Waals surface area contributed by atoms with Crippen LogP contribution < -0.4 is 0 Å². The van der Waals surface area contributed by atoms with E-state index in [1.807, 2.05) is 0 Å². The van der Waals surface area contributed by atoms with Crippen LogP contribution in [0.15, 0.2) is 22.7 Å². The van der Waals surface area contributed by atoms with E-state index >= 15 is 0 Å². The fraction of sp³-hybridized carbons (Fsp3) is 0.167. The van der Waals surface area contributed by atoms with Gasteiger partial charge in [0.2, 0.25) is 5.76 Å². The van der Waals surface area contributed by atoms with E-state index in [9.17, 15) is 9.18 Å². The van der Waals surface area contributed by atoms with Gasteiger partial charge in [0.05, 0.1) is 0 Å². The van der Waals surface area contributed by atoms with Gasteiger partial charge in [-0.1, -0.05) is 5.16 Å². The molecule has 0 fully saturated rings. The molecule has 1 heterocycles. The third-order valence-electron chi connectivity index (χ3n) is 2.55. The maximum atomic E-state index is 13.1. The SMILES string of the molecule is Cc1cc(-c2noc(C(=O)O)c2C)ccc1F. The summed E-state index contributed by atoms with van der Waals surface area (Å²) in [6.45, 7) is 3.24. The van der Waals surface area contributed by atoms with Crippen molar-refractivity contribution in [2.75, 3.05) is 0 Å². The fourth-order valence-electron chi connectivity index (χ4n) is 1.60. The maximum absolute atomic E-state index is 13.1. The number of aromatic carboxylic acids is 1. The highest BCUT2D eigenvalue weighted by molar-refractivity contribution is 5.88. The number of benzene rings is 1. The number of carboxylic acids is 1. The van der Waals surface area contributed by atoms with Gasteiger partial charge in [0.1, 0.15) is 11.5 Å². The van der Waals surface area contributed by atoms with Gasteiger partial charge in [-0.2, -0.15) is 0 Å². The number of carbonyl (C=O) groups is 1. The summed E-state index contributed by atoms with van der Waals surface area (Å²) in [4.78, 5) is 10.8. The Morgan fingerprint density at radius 2 is 2.12 bits per heavy atom. The average Bonchev–Trinajstić information content (AvgIpc) is 2.64. The number of hydrogen-bond donors (Lipinski definition) is 1. The Hall–Kier alpha value is -2.17. The second-order valence-corrected chi connectivity index (χ2v) is 3.75. The lowest BCUT2D eigenvalue weighted by Crippen LogP contribution is -1.96. The molecule has 0 saturated heterocycles. The van der Waals surface area contributed by atoms with Crippen molar-refractivity contribution < 1.29 is 18.8 Å². The quantitative estimate of drug-likeness (QED) is 0.869. The first-order chi connectivity index (χ1) is 8.00. The Kier molecular flexibility index (Phi) is 2.67. The molecule has 5 heteroatoms. The van der Waals surface area contributed by atoms with Crippen molar-refractivity contribution in [1.82, 2.24) is 5.16 Å². The van der Waals surface area contributed by atoms with Crippen molar-refractivity contribution in [2.45, 2.75) is 13.8 Å². The van der Waals surface area contributed by atoms with Crippen LogP contribution in [0.3, 0.4) is 0 Å². The Morgan fingerprint density at radius 1 is 1.41 bits per heavy atom. The third-order valence-corrected chi connectivity index (χ3v) is 2.55. The molecule has 0 unspecified atom stereocenters. The van der Waals surface area contributed by atoms with Crippen molar-refractivity contribution in [2.24, 2.45) is 0 Å². The van der Waals surface area contributed by atoms with E-state index in [0.29, 0.717) is 22.4 Å². The number of nitrogens with zero attached hydrogens (tertiary/aromatic N) is 1. The van der Waals surface area contributed by atoms with Gasteiger partial charge in [0, 0.05) is 11.1 Å². The molecule has 0 atom stereocenters. The van der Waals surface area contributed by atoms with E-state index in [1.165, 1.54) is 6.07 Å². The normalized spacial score (nSPS) is 10.5. The highest BCUT2D eigenvalue weighted by Crippen LogP contribution is 2.26. The lowest BCUT2D eigenvalue weighted by atomic mass is 10.0. The molecule has 0 amide bonds. The molecule has 0 bridgehead atoms. The molecule has 1 N–H and O–H groups in total. The molecule has 2 aromatic rings. The first-order valence-electron chi connectivity index (χ1n) is 4.97. The average molecular weight is 235 g/mol. The summed E-state index contributed by atoms with van der Waals surface area (Å²) in [6.07, 6.45) is 0. The summed E-state index contributed by atoms with van der Waals surface area (Å²) in [6, 6.07) is 4.46. The molecule has 17 heavy (non-hydrogen) atoms. The van der Waals surface area contributed by atoms with Crippen molar-refractivity contribution in [3.05, 3.63) is 40.9 Å². The minimum absolute atomic E-state index is 0.193. The molecule has 2 rings (SSSR count). The summed E-state index contributed by atoms with van der Waals surface area (Å²) in [5.41, 5.74) is 1.97. The van der Waals surface area contributed by atoms with Crippen molar-refractivity contribution in [3.63, 3.8) is 0 Å². The molecular formula is C12H10FNO3. The van der Waals surface area contributed by atoms with Crippen LogP contribution >= 0.6 is 0 Å². The minimum atomic E-state index is -1.17. The van der Waals surface area contributed by atoms with Crippen molar-refractivity contribution in [3.8, 4) is 11.3 Å². The van der Waals surface area contributed by atoms with Crippen LogP contribution in [-0.4, -0.2) is 16.2 Å².